The molecule has 4 rings (SSSR count). The fraction of sp³-hybridized carbons (Fsp3) is 0.400. The van der Waals surface area contributed by atoms with Crippen molar-refractivity contribution in [3.63, 3.8) is 0 Å². The van der Waals surface area contributed by atoms with Crippen molar-refractivity contribution in [1.29, 1.82) is 0 Å². The van der Waals surface area contributed by atoms with Gasteiger partial charge < -0.3 is 10.5 Å². The molecular formula is C20H21FN4O2S. The summed E-state index contributed by atoms with van der Waals surface area (Å²) in [6.45, 7) is 2.73. The highest BCUT2D eigenvalue weighted by Gasteiger charge is 2.47. The summed E-state index contributed by atoms with van der Waals surface area (Å²) in [7, 11) is 0. The van der Waals surface area contributed by atoms with Crippen LogP contribution in [-0.2, 0) is 16.7 Å². The van der Waals surface area contributed by atoms with Crippen LogP contribution in [0.3, 0.4) is 0 Å². The van der Waals surface area contributed by atoms with Gasteiger partial charge in [0, 0.05) is 36.5 Å². The summed E-state index contributed by atoms with van der Waals surface area (Å²) in [4.78, 5) is 25.4. The summed E-state index contributed by atoms with van der Waals surface area (Å²) in [6.07, 6.45) is 3.94. The molecule has 2 atom stereocenters. The number of amidine groups is 1. The number of aromatic nitrogens is 2. The molecule has 6 nitrogen and oxygen atoms in total. The molecule has 0 amide bonds. The molecule has 1 aromatic heterocycles. The Morgan fingerprint density at radius 3 is 3.04 bits per heavy atom. The zero-order chi connectivity index (χ0) is 19.7. The first-order valence-corrected chi connectivity index (χ1v) is 10.1. The highest BCUT2D eigenvalue weighted by molar-refractivity contribution is 8.13. The lowest BCUT2D eigenvalue weighted by molar-refractivity contribution is 0.00298. The van der Waals surface area contributed by atoms with Crippen LogP contribution in [0.2, 0.25) is 0 Å². The zero-order valence-corrected chi connectivity index (χ0v) is 16.3. The van der Waals surface area contributed by atoms with E-state index in [0.717, 1.165) is 17.9 Å². The molecule has 2 aliphatic rings. The molecule has 2 aliphatic heterocycles. The Balaban J connectivity index is 1.68. The van der Waals surface area contributed by atoms with E-state index in [1.165, 1.54) is 24.0 Å². The number of halogens is 1. The smallest absolute Gasteiger partial charge is 0.187 e. The van der Waals surface area contributed by atoms with E-state index in [1.807, 2.05) is 6.92 Å². The second-order valence-electron chi connectivity index (χ2n) is 7.18. The molecule has 28 heavy (non-hydrogen) atoms. The Morgan fingerprint density at radius 2 is 2.25 bits per heavy atom. The van der Waals surface area contributed by atoms with Crippen LogP contribution in [-0.4, -0.2) is 39.9 Å². The van der Waals surface area contributed by atoms with Crippen molar-refractivity contribution in [2.45, 2.75) is 25.3 Å². The second-order valence-corrected chi connectivity index (χ2v) is 8.22. The van der Waals surface area contributed by atoms with E-state index in [1.54, 1.807) is 18.3 Å². The number of benzene rings is 1. The van der Waals surface area contributed by atoms with E-state index in [4.69, 9.17) is 10.5 Å². The van der Waals surface area contributed by atoms with E-state index < -0.39 is 5.54 Å². The molecule has 0 radical (unpaired) electrons. The number of aliphatic imine (C=N–C) groups is 1. The number of thioether (sulfide) groups is 1. The summed E-state index contributed by atoms with van der Waals surface area (Å²) in [5.74, 6) is 0.397. The van der Waals surface area contributed by atoms with Crippen molar-refractivity contribution in [3.05, 3.63) is 58.9 Å². The topological polar surface area (TPSA) is 90.5 Å². The van der Waals surface area contributed by atoms with Crippen molar-refractivity contribution in [3.8, 4) is 0 Å². The summed E-state index contributed by atoms with van der Waals surface area (Å²) < 4.78 is 20.5. The first-order valence-electron chi connectivity index (χ1n) is 9.14. The van der Waals surface area contributed by atoms with Gasteiger partial charge in [-0.1, -0.05) is 17.8 Å². The Hall–Kier alpha value is -2.32. The van der Waals surface area contributed by atoms with Crippen LogP contribution in [0.5, 0.6) is 0 Å². The first-order chi connectivity index (χ1) is 13.5. The van der Waals surface area contributed by atoms with Gasteiger partial charge in [0.1, 0.15) is 17.1 Å². The number of nitrogens with two attached hydrogens (primary N) is 1. The number of ether oxygens (including phenoxy) is 1. The van der Waals surface area contributed by atoms with Gasteiger partial charge in [0.25, 0.3) is 0 Å². The Morgan fingerprint density at radius 1 is 1.39 bits per heavy atom. The minimum atomic E-state index is -0.833. The monoisotopic (exact) mass is 400 g/mol. The first kappa shape index (κ1) is 19.0. The number of carbonyl (C=O) groups excluding carboxylic acids is 1. The van der Waals surface area contributed by atoms with Crippen molar-refractivity contribution < 1.29 is 13.9 Å². The van der Waals surface area contributed by atoms with Crippen LogP contribution < -0.4 is 5.73 Å². The molecule has 2 N–H and O–H groups in total. The van der Waals surface area contributed by atoms with Gasteiger partial charge >= 0.3 is 0 Å². The largest absolute Gasteiger partial charge is 0.379 e. The quantitative estimate of drug-likeness (QED) is 0.794. The Bertz CT molecular complexity index is 934. The maximum absolute atomic E-state index is 14.9. The number of hydrogen-bond donors (Lipinski definition) is 1. The fourth-order valence-electron chi connectivity index (χ4n) is 3.75. The SMILES string of the molecule is Cc1cnc(C(=O)Cc2ccc(F)c([C@]34COCC[C@H]3CSC(N)=N4)c2)cn1. The van der Waals surface area contributed by atoms with Crippen LogP contribution >= 0.6 is 11.8 Å². The van der Waals surface area contributed by atoms with Crippen molar-refractivity contribution in [2.75, 3.05) is 19.0 Å². The Kier molecular flexibility index (Phi) is 5.16. The molecule has 8 heteroatoms. The molecule has 0 unspecified atom stereocenters. The molecular weight excluding hydrogens is 379 g/mol. The van der Waals surface area contributed by atoms with E-state index in [9.17, 15) is 9.18 Å². The van der Waals surface area contributed by atoms with Crippen LogP contribution in [0.25, 0.3) is 0 Å². The lowest BCUT2D eigenvalue weighted by Gasteiger charge is -2.43. The average molecular weight is 400 g/mol. The number of rotatable bonds is 4. The standard InChI is InChI=1S/C20H21FN4O2S/c1-12-8-24-17(9-23-12)18(26)7-13-2-3-16(21)15(6-13)20-11-27-5-4-14(20)10-28-19(22)25-20/h2-3,6,8-9,14H,4-5,7,10-11H2,1H3,(H2,22,25)/t14-,20-/m0/s1. The molecule has 146 valence electrons. The number of nitrogens with zero attached hydrogens (tertiary/aromatic N) is 3. The van der Waals surface area contributed by atoms with Crippen LogP contribution in [0.1, 0.15) is 33.7 Å². The third kappa shape index (κ3) is 3.54. The number of fused-ring (bicyclic) bond motifs is 1. The van der Waals surface area contributed by atoms with Gasteiger partial charge in [-0.15, -0.1) is 0 Å². The van der Waals surface area contributed by atoms with Gasteiger partial charge in [0.15, 0.2) is 11.0 Å². The number of carbonyl (C=O) groups is 1. The highest BCUT2D eigenvalue weighted by Crippen LogP contribution is 2.45. The molecule has 0 saturated carbocycles. The lowest BCUT2D eigenvalue weighted by atomic mass is 9.76. The van der Waals surface area contributed by atoms with Crippen molar-refractivity contribution in [2.24, 2.45) is 16.6 Å². The molecule has 1 fully saturated rings. The Labute approximate surface area is 166 Å². The third-order valence-electron chi connectivity index (χ3n) is 5.28. The van der Waals surface area contributed by atoms with Gasteiger partial charge in [0.05, 0.1) is 18.5 Å². The number of Topliss-reactive ketones (excluding diaryl/α,β-unsaturated/α-hetero) is 1. The number of aryl methyl sites for hydroxylation is 1. The van der Waals surface area contributed by atoms with Crippen LogP contribution in [0.15, 0.2) is 35.6 Å². The predicted molar refractivity (Wildman–Crippen MR) is 106 cm³/mol. The maximum Gasteiger partial charge on any atom is 0.187 e. The number of hydrogen-bond acceptors (Lipinski definition) is 7. The minimum Gasteiger partial charge on any atom is -0.379 e. The van der Waals surface area contributed by atoms with Gasteiger partial charge in [0.2, 0.25) is 0 Å². The number of ketones is 1. The predicted octanol–water partition coefficient (Wildman–Crippen LogP) is 2.64. The van der Waals surface area contributed by atoms with Crippen LogP contribution in [0, 0.1) is 18.7 Å². The molecule has 0 aliphatic carbocycles. The van der Waals surface area contributed by atoms with Gasteiger partial charge in [-0.05, 0) is 31.0 Å². The molecule has 2 aromatic rings. The molecule has 3 heterocycles. The lowest BCUT2D eigenvalue weighted by Crippen LogP contribution is -2.48. The van der Waals surface area contributed by atoms with E-state index >= 15 is 0 Å². The summed E-state index contributed by atoms with van der Waals surface area (Å²) >= 11 is 1.50. The maximum atomic E-state index is 14.9. The summed E-state index contributed by atoms with van der Waals surface area (Å²) in [5, 5.41) is 0.442. The van der Waals surface area contributed by atoms with E-state index in [-0.39, 0.29) is 30.5 Å². The normalized spacial score (nSPS) is 24.4. The molecule has 1 aromatic carbocycles. The van der Waals surface area contributed by atoms with Crippen molar-refractivity contribution >= 4 is 22.7 Å². The van der Waals surface area contributed by atoms with Crippen LogP contribution in [0.4, 0.5) is 4.39 Å². The fourth-order valence-corrected chi connectivity index (χ4v) is 4.80. The highest BCUT2D eigenvalue weighted by atomic mass is 32.2. The van der Waals surface area contributed by atoms with Gasteiger partial charge in [-0.2, -0.15) is 0 Å². The molecule has 1 saturated heterocycles. The average Bonchev–Trinajstić information content (AvgIpc) is 2.69. The third-order valence-corrected chi connectivity index (χ3v) is 6.23. The van der Waals surface area contributed by atoms with E-state index in [0.29, 0.717) is 28.6 Å². The summed E-state index contributed by atoms with van der Waals surface area (Å²) in [5.41, 5.74) is 7.34. The molecule has 0 spiro atoms. The zero-order valence-electron chi connectivity index (χ0n) is 15.5. The second kappa shape index (κ2) is 7.60. The summed E-state index contributed by atoms with van der Waals surface area (Å²) in [6, 6.07) is 4.74. The minimum absolute atomic E-state index is 0.112. The van der Waals surface area contributed by atoms with E-state index in [2.05, 4.69) is 15.0 Å². The van der Waals surface area contributed by atoms with Gasteiger partial charge in [-0.3, -0.25) is 9.78 Å². The molecule has 0 bridgehead atoms. The van der Waals surface area contributed by atoms with Gasteiger partial charge in [-0.25, -0.2) is 14.4 Å². The van der Waals surface area contributed by atoms with Crippen molar-refractivity contribution in [1.82, 2.24) is 9.97 Å².